The number of amides is 1. The van der Waals surface area contributed by atoms with Crippen LogP contribution in [0.1, 0.15) is 31.7 Å². The van der Waals surface area contributed by atoms with Crippen LogP contribution in [-0.2, 0) is 9.53 Å². The number of hydrogen-bond donors (Lipinski definition) is 2. The Bertz CT molecular complexity index is 365. The summed E-state index contributed by atoms with van der Waals surface area (Å²) in [5.41, 5.74) is 1.13. The van der Waals surface area contributed by atoms with Crippen LogP contribution < -0.4 is 5.32 Å². The Morgan fingerprint density at radius 3 is 2.63 bits per heavy atom. The van der Waals surface area contributed by atoms with Crippen LogP contribution in [-0.4, -0.2) is 36.9 Å². The number of ether oxygens (including phenoxy) is 1. The lowest BCUT2D eigenvalue weighted by Gasteiger charge is -2.19. The summed E-state index contributed by atoms with van der Waals surface area (Å²) in [5.74, 6) is 0.000139. The van der Waals surface area contributed by atoms with Crippen molar-refractivity contribution in [2.45, 2.75) is 32.3 Å². The molecule has 0 saturated heterocycles. The number of aliphatic hydroxyl groups excluding tert-OH is 1. The summed E-state index contributed by atoms with van der Waals surface area (Å²) in [6.07, 6.45) is 0.229. The molecule has 19 heavy (non-hydrogen) atoms. The fourth-order valence-corrected chi connectivity index (χ4v) is 1.96. The lowest BCUT2D eigenvalue weighted by Crippen LogP contribution is -2.32. The van der Waals surface area contributed by atoms with Crippen molar-refractivity contribution in [3.63, 3.8) is 0 Å². The van der Waals surface area contributed by atoms with Gasteiger partial charge in [-0.2, -0.15) is 0 Å². The maximum Gasteiger partial charge on any atom is 0.246 e. The van der Waals surface area contributed by atoms with Crippen LogP contribution in [0, 0.1) is 0 Å². The predicted molar refractivity (Wildman–Crippen MR) is 75.0 cm³/mol. The minimum atomic E-state index is -0.394. The van der Waals surface area contributed by atoms with Gasteiger partial charge in [0.05, 0.1) is 6.10 Å². The molecule has 106 valence electrons. The Morgan fingerprint density at radius 1 is 1.37 bits per heavy atom. The highest BCUT2D eigenvalue weighted by Crippen LogP contribution is 2.20. The summed E-state index contributed by atoms with van der Waals surface area (Å²) in [7, 11) is 0. The molecule has 0 aliphatic carbocycles. The van der Waals surface area contributed by atoms with Crippen LogP contribution in [0.25, 0.3) is 0 Å². The first kappa shape index (κ1) is 15.7. The summed E-state index contributed by atoms with van der Waals surface area (Å²) in [6, 6.07) is 9.92. The smallest absolute Gasteiger partial charge is 0.246 e. The third-order valence-electron chi connectivity index (χ3n) is 2.88. The highest BCUT2D eigenvalue weighted by Gasteiger charge is 2.15. The standard InChI is InChI=1S/C15H23NO3/c1-3-19-11-15(18)16-10-14(9-12(2)17)13-7-5-4-6-8-13/h4-8,12,14,17H,3,9-11H2,1-2H3,(H,16,18). The quantitative estimate of drug-likeness (QED) is 0.752. The van der Waals surface area contributed by atoms with Crippen molar-refractivity contribution in [3.8, 4) is 0 Å². The van der Waals surface area contributed by atoms with Crippen LogP contribution in [0.3, 0.4) is 0 Å². The number of carbonyl (C=O) groups is 1. The van der Waals surface area contributed by atoms with Crippen LogP contribution in [0.5, 0.6) is 0 Å². The van der Waals surface area contributed by atoms with Gasteiger partial charge in [0.25, 0.3) is 0 Å². The lowest BCUT2D eigenvalue weighted by molar-refractivity contribution is -0.125. The minimum absolute atomic E-state index is 0.0900. The minimum Gasteiger partial charge on any atom is -0.393 e. The second-order valence-electron chi connectivity index (χ2n) is 4.63. The largest absolute Gasteiger partial charge is 0.393 e. The van der Waals surface area contributed by atoms with Gasteiger partial charge in [-0.25, -0.2) is 0 Å². The van der Waals surface area contributed by atoms with E-state index in [-0.39, 0.29) is 18.4 Å². The van der Waals surface area contributed by atoms with E-state index in [2.05, 4.69) is 5.32 Å². The van der Waals surface area contributed by atoms with E-state index in [1.807, 2.05) is 37.3 Å². The van der Waals surface area contributed by atoms with Crippen LogP contribution in [0.2, 0.25) is 0 Å². The van der Waals surface area contributed by atoms with Gasteiger partial charge in [-0.1, -0.05) is 30.3 Å². The van der Waals surface area contributed by atoms with E-state index in [0.717, 1.165) is 5.56 Å². The molecule has 0 bridgehead atoms. The Morgan fingerprint density at radius 2 is 2.05 bits per heavy atom. The molecule has 0 fully saturated rings. The van der Waals surface area contributed by atoms with Gasteiger partial charge >= 0.3 is 0 Å². The maximum atomic E-state index is 11.5. The molecular formula is C15H23NO3. The Kier molecular flexibility index (Phi) is 7.15. The average molecular weight is 265 g/mol. The third kappa shape index (κ3) is 6.36. The number of hydrogen-bond acceptors (Lipinski definition) is 3. The number of benzene rings is 1. The highest BCUT2D eigenvalue weighted by molar-refractivity contribution is 5.77. The highest BCUT2D eigenvalue weighted by atomic mass is 16.5. The normalized spacial score (nSPS) is 13.8. The fourth-order valence-electron chi connectivity index (χ4n) is 1.96. The third-order valence-corrected chi connectivity index (χ3v) is 2.88. The molecule has 0 aromatic heterocycles. The van der Waals surface area contributed by atoms with E-state index < -0.39 is 6.10 Å². The topological polar surface area (TPSA) is 58.6 Å². The van der Waals surface area contributed by atoms with E-state index in [1.54, 1.807) is 6.92 Å². The van der Waals surface area contributed by atoms with Crippen molar-refractivity contribution in [3.05, 3.63) is 35.9 Å². The summed E-state index contributed by atoms with van der Waals surface area (Å²) < 4.78 is 5.05. The second-order valence-corrected chi connectivity index (χ2v) is 4.63. The van der Waals surface area contributed by atoms with Crippen molar-refractivity contribution in [2.24, 2.45) is 0 Å². The van der Waals surface area contributed by atoms with E-state index in [0.29, 0.717) is 19.6 Å². The monoisotopic (exact) mass is 265 g/mol. The molecule has 1 amide bonds. The molecule has 4 heteroatoms. The summed E-state index contributed by atoms with van der Waals surface area (Å²) in [4.78, 5) is 11.5. The molecule has 2 N–H and O–H groups in total. The molecule has 2 unspecified atom stereocenters. The van der Waals surface area contributed by atoms with Crippen LogP contribution in [0.4, 0.5) is 0 Å². The average Bonchev–Trinajstić information content (AvgIpc) is 2.41. The molecule has 0 aliphatic heterocycles. The van der Waals surface area contributed by atoms with Gasteiger partial charge in [0.15, 0.2) is 0 Å². The molecule has 0 saturated carbocycles. The Hall–Kier alpha value is -1.39. The van der Waals surface area contributed by atoms with Crippen LogP contribution >= 0.6 is 0 Å². The molecule has 0 heterocycles. The summed E-state index contributed by atoms with van der Waals surface area (Å²) in [5, 5.41) is 12.4. The molecule has 1 aromatic rings. The number of aliphatic hydroxyl groups is 1. The molecule has 0 aliphatic rings. The molecule has 1 rings (SSSR count). The van der Waals surface area contributed by atoms with Gasteiger partial charge in [-0.3, -0.25) is 4.79 Å². The molecule has 2 atom stereocenters. The predicted octanol–water partition coefficient (Wildman–Crippen LogP) is 1.69. The molecule has 4 nitrogen and oxygen atoms in total. The Balaban J connectivity index is 2.53. The van der Waals surface area contributed by atoms with Gasteiger partial charge in [-0.05, 0) is 25.8 Å². The SMILES string of the molecule is CCOCC(=O)NCC(CC(C)O)c1ccccc1. The van der Waals surface area contributed by atoms with E-state index in [9.17, 15) is 9.90 Å². The first-order valence-electron chi connectivity index (χ1n) is 6.71. The van der Waals surface area contributed by atoms with Crippen molar-refractivity contribution in [1.82, 2.24) is 5.32 Å². The van der Waals surface area contributed by atoms with E-state index >= 15 is 0 Å². The fraction of sp³-hybridized carbons (Fsp3) is 0.533. The zero-order chi connectivity index (χ0) is 14.1. The number of rotatable bonds is 8. The summed E-state index contributed by atoms with van der Waals surface area (Å²) >= 11 is 0. The van der Waals surface area contributed by atoms with Crippen molar-refractivity contribution in [1.29, 1.82) is 0 Å². The van der Waals surface area contributed by atoms with Crippen molar-refractivity contribution in [2.75, 3.05) is 19.8 Å². The van der Waals surface area contributed by atoms with Gasteiger partial charge < -0.3 is 15.2 Å². The molecular weight excluding hydrogens is 242 g/mol. The van der Waals surface area contributed by atoms with E-state index in [4.69, 9.17) is 4.74 Å². The molecule has 0 spiro atoms. The van der Waals surface area contributed by atoms with Gasteiger partial charge in [0, 0.05) is 19.1 Å². The zero-order valence-corrected chi connectivity index (χ0v) is 11.6. The number of carbonyl (C=O) groups excluding carboxylic acids is 1. The maximum absolute atomic E-state index is 11.5. The van der Waals surface area contributed by atoms with Crippen molar-refractivity contribution < 1.29 is 14.6 Å². The zero-order valence-electron chi connectivity index (χ0n) is 11.6. The Labute approximate surface area is 114 Å². The summed E-state index contributed by atoms with van der Waals surface area (Å²) in [6.45, 7) is 4.75. The van der Waals surface area contributed by atoms with E-state index in [1.165, 1.54) is 0 Å². The second kappa shape index (κ2) is 8.67. The first-order chi connectivity index (χ1) is 9.13. The lowest BCUT2D eigenvalue weighted by atomic mass is 9.93. The first-order valence-corrected chi connectivity index (χ1v) is 6.71. The van der Waals surface area contributed by atoms with Gasteiger partial charge in [0.2, 0.25) is 5.91 Å². The van der Waals surface area contributed by atoms with Gasteiger partial charge in [0.1, 0.15) is 6.61 Å². The van der Waals surface area contributed by atoms with Gasteiger partial charge in [-0.15, -0.1) is 0 Å². The van der Waals surface area contributed by atoms with Crippen LogP contribution in [0.15, 0.2) is 30.3 Å². The van der Waals surface area contributed by atoms with Crippen molar-refractivity contribution >= 4 is 5.91 Å². The number of nitrogens with one attached hydrogen (secondary N) is 1. The molecule has 1 aromatic carbocycles. The molecule has 0 radical (unpaired) electrons.